The molecule has 0 saturated carbocycles. The van der Waals surface area contributed by atoms with Gasteiger partial charge in [0.2, 0.25) is 0 Å². The second kappa shape index (κ2) is 5.27. The molecular formula is C9H9BrClN5. The third kappa shape index (κ3) is 2.70. The number of aromatic amines is 1. The molecule has 0 fully saturated rings. The number of imidazole rings is 1. The maximum absolute atomic E-state index is 5.84. The zero-order chi connectivity index (χ0) is 11.4. The van der Waals surface area contributed by atoms with Crippen molar-refractivity contribution in [2.45, 2.75) is 6.42 Å². The Bertz CT molecular complexity index is 459. The first-order chi connectivity index (χ1) is 7.77. The number of aromatic nitrogens is 4. The lowest BCUT2D eigenvalue weighted by Gasteiger charge is -2.06. The number of anilines is 1. The maximum Gasteiger partial charge on any atom is 0.148 e. The number of hydrogen-bond acceptors (Lipinski definition) is 4. The third-order valence-corrected chi connectivity index (χ3v) is 3.22. The fraction of sp³-hybridized carbons (Fsp3) is 0.222. The normalized spacial score (nSPS) is 10.4. The van der Waals surface area contributed by atoms with Crippen molar-refractivity contribution in [1.29, 1.82) is 0 Å². The van der Waals surface area contributed by atoms with Crippen LogP contribution < -0.4 is 5.32 Å². The number of H-pyrrole nitrogens is 1. The van der Waals surface area contributed by atoms with Gasteiger partial charge in [-0.25, -0.2) is 15.0 Å². The second-order valence-corrected chi connectivity index (χ2v) is 4.19. The second-order valence-electron chi connectivity index (χ2n) is 3.04. The fourth-order valence-corrected chi connectivity index (χ4v) is 1.68. The fourth-order valence-electron chi connectivity index (χ4n) is 1.21. The summed E-state index contributed by atoms with van der Waals surface area (Å²) in [6.45, 7) is 0.722. The van der Waals surface area contributed by atoms with Gasteiger partial charge in [-0.2, -0.15) is 0 Å². The highest BCUT2D eigenvalue weighted by molar-refractivity contribution is 9.10. The zero-order valence-corrected chi connectivity index (χ0v) is 10.6. The van der Waals surface area contributed by atoms with Crippen molar-refractivity contribution in [2.24, 2.45) is 0 Å². The van der Waals surface area contributed by atoms with E-state index >= 15 is 0 Å². The van der Waals surface area contributed by atoms with Crippen molar-refractivity contribution in [3.63, 3.8) is 0 Å². The molecule has 0 saturated heterocycles. The van der Waals surface area contributed by atoms with E-state index in [9.17, 15) is 0 Å². The summed E-state index contributed by atoms with van der Waals surface area (Å²) in [5, 5.41) is 3.55. The molecule has 7 heteroatoms. The average Bonchev–Trinajstić information content (AvgIpc) is 2.77. The quantitative estimate of drug-likeness (QED) is 0.850. The monoisotopic (exact) mass is 301 g/mol. The highest BCUT2D eigenvalue weighted by Crippen LogP contribution is 2.25. The van der Waals surface area contributed by atoms with E-state index in [1.165, 1.54) is 6.33 Å². The summed E-state index contributed by atoms with van der Waals surface area (Å²) >= 11 is 9.15. The maximum atomic E-state index is 5.84. The molecule has 2 N–H and O–H groups in total. The van der Waals surface area contributed by atoms with Gasteiger partial charge < -0.3 is 10.3 Å². The number of halogens is 2. The molecule has 2 aromatic rings. The molecule has 0 bridgehead atoms. The lowest BCUT2D eigenvalue weighted by Crippen LogP contribution is -2.08. The Labute approximate surface area is 106 Å². The third-order valence-electron chi connectivity index (χ3n) is 1.96. The first kappa shape index (κ1) is 11.3. The van der Waals surface area contributed by atoms with Gasteiger partial charge in [0.25, 0.3) is 0 Å². The van der Waals surface area contributed by atoms with Crippen molar-refractivity contribution < 1.29 is 0 Å². The lowest BCUT2D eigenvalue weighted by atomic mass is 10.4. The van der Waals surface area contributed by atoms with E-state index in [4.69, 9.17) is 11.6 Å². The van der Waals surface area contributed by atoms with Crippen molar-refractivity contribution in [3.8, 4) is 0 Å². The average molecular weight is 303 g/mol. The van der Waals surface area contributed by atoms with E-state index < -0.39 is 0 Å². The minimum Gasteiger partial charge on any atom is -0.369 e. The zero-order valence-electron chi connectivity index (χ0n) is 8.24. The Morgan fingerprint density at radius 3 is 3.00 bits per heavy atom. The molecule has 0 aliphatic carbocycles. The number of hydrogen-bond donors (Lipinski definition) is 2. The summed E-state index contributed by atoms with van der Waals surface area (Å²) in [6.07, 6.45) is 5.74. The van der Waals surface area contributed by atoms with Gasteiger partial charge in [-0.1, -0.05) is 11.6 Å². The van der Waals surface area contributed by atoms with Gasteiger partial charge in [0.05, 0.1) is 4.47 Å². The Balaban J connectivity index is 1.92. The minimum atomic E-state index is 0.399. The van der Waals surface area contributed by atoms with Crippen LogP contribution in [0.5, 0.6) is 0 Å². The molecule has 2 rings (SSSR count). The van der Waals surface area contributed by atoms with E-state index in [-0.39, 0.29) is 0 Å². The highest BCUT2D eigenvalue weighted by Gasteiger charge is 2.05. The predicted molar refractivity (Wildman–Crippen MR) is 65.5 cm³/mol. The summed E-state index contributed by atoms with van der Waals surface area (Å²) in [5.74, 6) is 1.62. The van der Waals surface area contributed by atoms with Gasteiger partial charge in [0.15, 0.2) is 0 Å². The van der Waals surface area contributed by atoms with Crippen LogP contribution >= 0.6 is 27.5 Å². The van der Waals surface area contributed by atoms with Crippen molar-refractivity contribution in [2.75, 3.05) is 11.9 Å². The number of nitrogens with zero attached hydrogens (tertiary/aromatic N) is 3. The molecule has 0 aliphatic rings. The number of nitrogens with one attached hydrogen (secondary N) is 2. The predicted octanol–water partition coefficient (Wildman–Crippen LogP) is 2.27. The molecule has 0 unspecified atom stereocenters. The summed E-state index contributed by atoms with van der Waals surface area (Å²) in [4.78, 5) is 15.1. The molecular weight excluding hydrogens is 293 g/mol. The standard InChI is InChI=1S/C9H9BrClN5/c10-7-8(11)15-5-16-9(7)14-2-1-6-12-3-4-13-6/h3-5H,1-2H2,(H,12,13)(H,14,15,16). The van der Waals surface area contributed by atoms with Gasteiger partial charge >= 0.3 is 0 Å². The van der Waals surface area contributed by atoms with Crippen LogP contribution in [0.15, 0.2) is 23.2 Å². The van der Waals surface area contributed by atoms with E-state index in [0.717, 1.165) is 18.8 Å². The smallest absolute Gasteiger partial charge is 0.148 e. The topological polar surface area (TPSA) is 66.5 Å². The van der Waals surface area contributed by atoms with Crippen LogP contribution in [0.3, 0.4) is 0 Å². The SMILES string of the molecule is Clc1ncnc(NCCc2ncc[nH]2)c1Br. The van der Waals surface area contributed by atoms with Gasteiger partial charge in [0.1, 0.15) is 23.1 Å². The van der Waals surface area contributed by atoms with Gasteiger partial charge in [-0.15, -0.1) is 0 Å². The van der Waals surface area contributed by atoms with Crippen LogP contribution in [0, 0.1) is 0 Å². The van der Waals surface area contributed by atoms with E-state index in [0.29, 0.717) is 15.4 Å². The molecule has 2 aromatic heterocycles. The van der Waals surface area contributed by atoms with Gasteiger partial charge in [-0.05, 0) is 15.9 Å². The Morgan fingerprint density at radius 2 is 2.25 bits per heavy atom. The first-order valence-electron chi connectivity index (χ1n) is 4.65. The lowest BCUT2D eigenvalue weighted by molar-refractivity contribution is 0.918. The minimum absolute atomic E-state index is 0.399. The van der Waals surface area contributed by atoms with Gasteiger partial charge in [-0.3, -0.25) is 0 Å². The molecule has 0 amide bonds. The largest absolute Gasteiger partial charge is 0.369 e. The van der Waals surface area contributed by atoms with Crippen LogP contribution in [0.4, 0.5) is 5.82 Å². The van der Waals surface area contributed by atoms with Crippen LogP contribution in [-0.2, 0) is 6.42 Å². The Hall–Kier alpha value is -1.14. The molecule has 0 aromatic carbocycles. The van der Waals surface area contributed by atoms with E-state index in [1.807, 2.05) is 0 Å². The van der Waals surface area contributed by atoms with E-state index in [1.54, 1.807) is 12.4 Å². The number of rotatable bonds is 4. The van der Waals surface area contributed by atoms with Crippen molar-refractivity contribution in [1.82, 2.24) is 19.9 Å². The van der Waals surface area contributed by atoms with Crippen LogP contribution in [0.25, 0.3) is 0 Å². The summed E-state index contributed by atoms with van der Waals surface area (Å²) in [5.41, 5.74) is 0. The molecule has 5 nitrogen and oxygen atoms in total. The molecule has 0 atom stereocenters. The van der Waals surface area contributed by atoms with Crippen LogP contribution in [0.1, 0.15) is 5.82 Å². The van der Waals surface area contributed by atoms with Crippen molar-refractivity contribution in [3.05, 3.63) is 34.2 Å². The molecule has 2 heterocycles. The Morgan fingerprint density at radius 1 is 1.38 bits per heavy atom. The van der Waals surface area contributed by atoms with Crippen LogP contribution in [-0.4, -0.2) is 26.5 Å². The van der Waals surface area contributed by atoms with Gasteiger partial charge in [0, 0.05) is 25.4 Å². The van der Waals surface area contributed by atoms with E-state index in [2.05, 4.69) is 41.2 Å². The highest BCUT2D eigenvalue weighted by atomic mass is 79.9. The summed E-state index contributed by atoms with van der Waals surface area (Å²) in [6, 6.07) is 0. The molecule has 0 radical (unpaired) electrons. The summed E-state index contributed by atoms with van der Waals surface area (Å²) in [7, 11) is 0. The molecule has 0 spiro atoms. The van der Waals surface area contributed by atoms with Crippen molar-refractivity contribution >= 4 is 33.3 Å². The molecule has 0 aliphatic heterocycles. The first-order valence-corrected chi connectivity index (χ1v) is 5.82. The molecule has 16 heavy (non-hydrogen) atoms. The molecule has 84 valence electrons. The summed E-state index contributed by atoms with van der Waals surface area (Å²) < 4.78 is 0.677. The Kier molecular flexibility index (Phi) is 3.74. The van der Waals surface area contributed by atoms with Crippen LogP contribution in [0.2, 0.25) is 5.15 Å².